The van der Waals surface area contributed by atoms with Crippen LogP contribution in [0.2, 0.25) is 5.02 Å². The number of hydrogen-bond acceptors (Lipinski definition) is 5. The zero-order valence-electron chi connectivity index (χ0n) is 19.1. The van der Waals surface area contributed by atoms with E-state index in [1.165, 1.54) is 41.8 Å². The summed E-state index contributed by atoms with van der Waals surface area (Å²) in [6.07, 6.45) is 2.60. The second-order valence-electron chi connectivity index (χ2n) is 8.65. The monoisotopic (exact) mass is 511 g/mol. The maximum absolute atomic E-state index is 13.5. The van der Waals surface area contributed by atoms with E-state index in [1.54, 1.807) is 30.3 Å². The third-order valence-corrected chi connectivity index (χ3v) is 8.30. The van der Waals surface area contributed by atoms with E-state index in [1.807, 2.05) is 24.3 Å². The SMILES string of the molecule is O=C(Nc1ccc(N2CCCCC2)cc1)C1CN(S(=O)(=O)c2ccccc2)c2cc(Cl)ccc2O1. The molecule has 0 bridgehead atoms. The van der Waals surface area contributed by atoms with Crippen molar-refractivity contribution >= 4 is 44.6 Å². The van der Waals surface area contributed by atoms with E-state index in [2.05, 4.69) is 10.2 Å². The Morgan fingerprint density at radius 1 is 0.943 bits per heavy atom. The molecule has 9 heteroatoms. The summed E-state index contributed by atoms with van der Waals surface area (Å²) in [6.45, 7) is 1.90. The number of halogens is 1. The van der Waals surface area contributed by atoms with E-state index in [-0.39, 0.29) is 17.2 Å². The van der Waals surface area contributed by atoms with Crippen LogP contribution in [0.25, 0.3) is 0 Å². The van der Waals surface area contributed by atoms with Crippen LogP contribution in [0.15, 0.2) is 77.7 Å². The summed E-state index contributed by atoms with van der Waals surface area (Å²) in [6, 6.07) is 20.5. The number of nitrogens with one attached hydrogen (secondary N) is 1. The number of nitrogens with zero attached hydrogens (tertiary/aromatic N) is 2. The van der Waals surface area contributed by atoms with E-state index < -0.39 is 22.0 Å². The highest BCUT2D eigenvalue weighted by Gasteiger charge is 2.37. The highest BCUT2D eigenvalue weighted by molar-refractivity contribution is 7.92. The number of anilines is 3. The number of sulfonamides is 1. The topological polar surface area (TPSA) is 79.0 Å². The fraction of sp³-hybridized carbons (Fsp3) is 0.269. The minimum absolute atomic E-state index is 0.125. The summed E-state index contributed by atoms with van der Waals surface area (Å²) < 4.78 is 34.0. The molecule has 2 heterocycles. The number of ether oxygens (including phenoxy) is 1. The minimum atomic E-state index is -3.94. The summed E-state index contributed by atoms with van der Waals surface area (Å²) in [5, 5.41) is 3.24. The molecular weight excluding hydrogens is 486 g/mol. The van der Waals surface area contributed by atoms with Crippen molar-refractivity contribution in [2.75, 3.05) is 34.2 Å². The first-order valence-electron chi connectivity index (χ1n) is 11.6. The molecule has 7 nitrogen and oxygen atoms in total. The molecule has 182 valence electrons. The number of rotatable bonds is 5. The normalized spacial score (nSPS) is 17.9. The standard InChI is InChI=1S/C26H26ClN3O4S/c27-19-9-14-24-23(17-19)30(35(32,33)22-7-3-1-4-8-22)18-25(34-24)26(31)28-20-10-12-21(13-11-20)29-15-5-2-6-16-29/h1,3-4,7-14,17,25H,2,5-6,15-16,18H2,(H,28,31). The Morgan fingerprint density at radius 2 is 1.66 bits per heavy atom. The molecule has 1 N–H and O–H groups in total. The van der Waals surface area contributed by atoms with Gasteiger partial charge in [-0.15, -0.1) is 0 Å². The van der Waals surface area contributed by atoms with Gasteiger partial charge in [-0.2, -0.15) is 0 Å². The van der Waals surface area contributed by atoms with Gasteiger partial charge in [-0.25, -0.2) is 8.42 Å². The summed E-state index contributed by atoms with van der Waals surface area (Å²) in [5.74, 6) is -0.148. The highest BCUT2D eigenvalue weighted by Crippen LogP contribution is 2.39. The van der Waals surface area contributed by atoms with Gasteiger partial charge in [0.2, 0.25) is 0 Å². The third-order valence-electron chi connectivity index (χ3n) is 6.27. The average molecular weight is 512 g/mol. The predicted octanol–water partition coefficient (Wildman–Crippen LogP) is 4.93. The number of hydrogen-bond donors (Lipinski definition) is 1. The Hall–Kier alpha value is -3.23. The molecule has 35 heavy (non-hydrogen) atoms. The Bertz CT molecular complexity index is 1310. The summed E-state index contributed by atoms with van der Waals surface area (Å²) >= 11 is 6.15. The summed E-state index contributed by atoms with van der Waals surface area (Å²) in [4.78, 5) is 15.6. The third kappa shape index (κ3) is 4.94. The van der Waals surface area contributed by atoms with Crippen LogP contribution in [0.3, 0.4) is 0 Å². The molecule has 2 aliphatic heterocycles. The van der Waals surface area contributed by atoms with Crippen LogP contribution in [0, 0.1) is 0 Å². The molecule has 1 amide bonds. The first kappa shape index (κ1) is 23.5. The van der Waals surface area contributed by atoms with Crippen molar-refractivity contribution in [3.8, 4) is 5.75 Å². The van der Waals surface area contributed by atoms with Crippen molar-refractivity contribution in [1.29, 1.82) is 0 Å². The molecule has 0 spiro atoms. The lowest BCUT2D eigenvalue weighted by atomic mass is 10.1. The fourth-order valence-corrected chi connectivity index (χ4v) is 6.09. The van der Waals surface area contributed by atoms with Crippen molar-refractivity contribution < 1.29 is 17.9 Å². The highest BCUT2D eigenvalue weighted by atomic mass is 35.5. The lowest BCUT2D eigenvalue weighted by Gasteiger charge is -2.35. The van der Waals surface area contributed by atoms with E-state index >= 15 is 0 Å². The second-order valence-corrected chi connectivity index (χ2v) is 11.0. The molecule has 2 aliphatic rings. The van der Waals surface area contributed by atoms with Crippen molar-refractivity contribution in [2.24, 2.45) is 0 Å². The van der Waals surface area contributed by atoms with Gasteiger partial charge in [0, 0.05) is 29.5 Å². The second kappa shape index (κ2) is 9.79. The Morgan fingerprint density at radius 3 is 2.37 bits per heavy atom. The lowest BCUT2D eigenvalue weighted by Crippen LogP contribution is -2.48. The van der Waals surface area contributed by atoms with Crippen LogP contribution in [0.5, 0.6) is 5.75 Å². The first-order valence-corrected chi connectivity index (χ1v) is 13.4. The first-order chi connectivity index (χ1) is 16.9. The Balaban J connectivity index is 1.37. The molecule has 1 atom stereocenters. The Labute approximate surface area is 210 Å². The molecule has 5 rings (SSSR count). The van der Waals surface area contributed by atoms with Crippen LogP contribution in [0.4, 0.5) is 17.1 Å². The molecule has 0 saturated carbocycles. The molecule has 1 saturated heterocycles. The van der Waals surface area contributed by atoms with Crippen LogP contribution in [0.1, 0.15) is 19.3 Å². The van der Waals surface area contributed by atoms with Gasteiger partial charge in [0.25, 0.3) is 15.9 Å². The molecule has 0 aromatic heterocycles. The minimum Gasteiger partial charge on any atom is -0.476 e. The molecule has 1 unspecified atom stereocenters. The predicted molar refractivity (Wildman–Crippen MR) is 138 cm³/mol. The number of benzene rings is 3. The van der Waals surface area contributed by atoms with Crippen molar-refractivity contribution in [3.63, 3.8) is 0 Å². The largest absolute Gasteiger partial charge is 0.476 e. The number of fused-ring (bicyclic) bond motifs is 1. The average Bonchev–Trinajstić information content (AvgIpc) is 2.89. The van der Waals surface area contributed by atoms with Gasteiger partial charge in [0.15, 0.2) is 6.10 Å². The van der Waals surface area contributed by atoms with Crippen LogP contribution >= 0.6 is 11.6 Å². The van der Waals surface area contributed by atoms with Gasteiger partial charge in [-0.1, -0.05) is 29.8 Å². The zero-order chi connectivity index (χ0) is 24.4. The molecule has 0 aliphatic carbocycles. The molecular formula is C26H26ClN3O4S. The van der Waals surface area contributed by atoms with E-state index in [0.717, 1.165) is 18.8 Å². The smallest absolute Gasteiger partial charge is 0.267 e. The van der Waals surface area contributed by atoms with Gasteiger partial charge < -0.3 is 15.0 Å². The number of piperidine rings is 1. The lowest BCUT2D eigenvalue weighted by molar-refractivity contribution is -0.122. The van der Waals surface area contributed by atoms with Crippen LogP contribution < -0.4 is 19.3 Å². The van der Waals surface area contributed by atoms with Crippen molar-refractivity contribution in [2.45, 2.75) is 30.3 Å². The summed E-state index contributed by atoms with van der Waals surface area (Å²) in [7, 11) is -3.94. The molecule has 1 fully saturated rings. The van der Waals surface area contributed by atoms with Gasteiger partial charge in [-0.05, 0) is 73.9 Å². The van der Waals surface area contributed by atoms with E-state index in [9.17, 15) is 13.2 Å². The number of amides is 1. The van der Waals surface area contributed by atoms with Gasteiger partial charge in [0.1, 0.15) is 5.75 Å². The molecule has 0 radical (unpaired) electrons. The summed E-state index contributed by atoms with van der Waals surface area (Å²) in [5.41, 5.74) is 2.05. The van der Waals surface area contributed by atoms with Gasteiger partial charge in [0.05, 0.1) is 17.1 Å². The van der Waals surface area contributed by atoms with Crippen molar-refractivity contribution in [1.82, 2.24) is 0 Å². The van der Waals surface area contributed by atoms with Gasteiger partial charge in [-0.3, -0.25) is 9.10 Å². The number of carbonyl (C=O) groups is 1. The molecule has 3 aromatic rings. The maximum atomic E-state index is 13.5. The zero-order valence-corrected chi connectivity index (χ0v) is 20.6. The Kier molecular flexibility index (Phi) is 6.58. The fourth-order valence-electron chi connectivity index (χ4n) is 4.44. The number of carbonyl (C=O) groups excluding carboxylic acids is 1. The van der Waals surface area contributed by atoms with Crippen LogP contribution in [-0.4, -0.2) is 40.1 Å². The van der Waals surface area contributed by atoms with Crippen molar-refractivity contribution in [3.05, 3.63) is 77.8 Å². The quantitative estimate of drug-likeness (QED) is 0.525. The van der Waals surface area contributed by atoms with Gasteiger partial charge >= 0.3 is 0 Å². The van der Waals surface area contributed by atoms with E-state index in [0.29, 0.717) is 16.4 Å². The van der Waals surface area contributed by atoms with Crippen LogP contribution in [-0.2, 0) is 14.8 Å². The maximum Gasteiger partial charge on any atom is 0.267 e. The van der Waals surface area contributed by atoms with E-state index in [4.69, 9.17) is 16.3 Å². The molecule has 3 aromatic carbocycles.